The van der Waals surface area contributed by atoms with Gasteiger partial charge < -0.3 is 9.67 Å². The molecule has 0 saturated heterocycles. The summed E-state index contributed by atoms with van der Waals surface area (Å²) in [6, 6.07) is 0. The highest BCUT2D eigenvalue weighted by Crippen LogP contribution is 2.14. The molecule has 1 aromatic rings. The van der Waals surface area contributed by atoms with E-state index in [0.717, 1.165) is 11.8 Å². The molecule has 0 aliphatic heterocycles. The summed E-state index contributed by atoms with van der Waals surface area (Å²) in [7, 11) is -3.05. The van der Waals surface area contributed by atoms with Crippen molar-refractivity contribution in [2.45, 2.75) is 18.6 Å². The van der Waals surface area contributed by atoms with E-state index in [1.54, 1.807) is 11.5 Å². The van der Waals surface area contributed by atoms with E-state index in [1.165, 1.54) is 6.33 Å². The van der Waals surface area contributed by atoms with Crippen molar-refractivity contribution in [2.75, 3.05) is 17.3 Å². The van der Waals surface area contributed by atoms with Crippen molar-refractivity contribution in [1.29, 1.82) is 0 Å². The first-order valence-corrected chi connectivity index (χ1v) is 7.68. The molecule has 0 aliphatic rings. The molecule has 0 radical (unpaired) electrons. The molecule has 0 fully saturated rings. The molecule has 0 atom stereocenters. The molecule has 0 spiro atoms. The number of carbonyl (C=O) groups is 1. The second-order valence-corrected chi connectivity index (χ2v) is 6.64. The zero-order chi connectivity index (χ0) is 12.9. The maximum absolute atomic E-state index is 11.3. The van der Waals surface area contributed by atoms with Gasteiger partial charge in [0.1, 0.15) is 6.33 Å². The van der Waals surface area contributed by atoms with Crippen LogP contribution in [0.5, 0.6) is 0 Å². The lowest BCUT2D eigenvalue weighted by Gasteiger charge is -2.05. The summed E-state index contributed by atoms with van der Waals surface area (Å²) < 4.78 is 24.2. The Morgan fingerprint density at radius 2 is 2.29 bits per heavy atom. The Morgan fingerprint density at radius 1 is 1.59 bits per heavy atom. The van der Waals surface area contributed by atoms with Gasteiger partial charge in [0, 0.05) is 12.3 Å². The van der Waals surface area contributed by atoms with Crippen molar-refractivity contribution >= 4 is 27.6 Å². The van der Waals surface area contributed by atoms with Gasteiger partial charge in [-0.1, -0.05) is 18.7 Å². The second-order valence-electron chi connectivity index (χ2n) is 3.23. The standard InChI is InChI=1S/C8H13N3O4S2/c1-2-17(14,15)4-3-11-6-9-10-8(11)16-5-7(12)13/h6H,2-5H2,1H3,(H,12,13). The number of rotatable bonds is 7. The highest BCUT2D eigenvalue weighted by Gasteiger charge is 2.11. The van der Waals surface area contributed by atoms with E-state index >= 15 is 0 Å². The molecule has 1 rings (SSSR count). The summed E-state index contributed by atoms with van der Waals surface area (Å²) in [6.07, 6.45) is 1.40. The van der Waals surface area contributed by atoms with Crippen LogP contribution >= 0.6 is 11.8 Å². The first-order chi connectivity index (χ1) is 7.94. The Morgan fingerprint density at radius 3 is 2.88 bits per heavy atom. The van der Waals surface area contributed by atoms with E-state index in [1.807, 2.05) is 0 Å². The van der Waals surface area contributed by atoms with Crippen LogP contribution in [0.15, 0.2) is 11.5 Å². The lowest BCUT2D eigenvalue weighted by Crippen LogP contribution is -2.15. The Bertz CT molecular complexity index is 483. The molecule has 0 bridgehead atoms. The van der Waals surface area contributed by atoms with Crippen LogP contribution in [0.3, 0.4) is 0 Å². The fourth-order valence-electron chi connectivity index (χ4n) is 1.02. The van der Waals surface area contributed by atoms with Gasteiger partial charge in [-0.25, -0.2) is 8.42 Å². The van der Waals surface area contributed by atoms with Crippen molar-refractivity contribution < 1.29 is 18.3 Å². The van der Waals surface area contributed by atoms with E-state index in [9.17, 15) is 13.2 Å². The molecule has 0 aliphatic carbocycles. The molecule has 0 saturated carbocycles. The summed E-state index contributed by atoms with van der Waals surface area (Å²) in [6.45, 7) is 1.83. The van der Waals surface area contributed by atoms with Gasteiger partial charge in [0.05, 0.1) is 11.5 Å². The monoisotopic (exact) mass is 279 g/mol. The van der Waals surface area contributed by atoms with E-state index < -0.39 is 15.8 Å². The number of aryl methyl sites for hydroxylation is 1. The van der Waals surface area contributed by atoms with Gasteiger partial charge in [0.2, 0.25) is 0 Å². The number of sulfone groups is 1. The Balaban J connectivity index is 2.60. The van der Waals surface area contributed by atoms with Gasteiger partial charge in [-0.15, -0.1) is 10.2 Å². The average molecular weight is 279 g/mol. The predicted octanol–water partition coefficient (Wildman–Crippen LogP) is -0.111. The molecule has 7 nitrogen and oxygen atoms in total. The van der Waals surface area contributed by atoms with Gasteiger partial charge >= 0.3 is 5.97 Å². The van der Waals surface area contributed by atoms with E-state index in [2.05, 4.69) is 10.2 Å². The van der Waals surface area contributed by atoms with Gasteiger partial charge in [0.25, 0.3) is 0 Å². The van der Waals surface area contributed by atoms with Crippen molar-refractivity contribution in [1.82, 2.24) is 14.8 Å². The van der Waals surface area contributed by atoms with Crippen LogP contribution in [0.25, 0.3) is 0 Å². The molecule has 96 valence electrons. The second kappa shape index (κ2) is 6.01. The number of carboxylic acids is 1. The van der Waals surface area contributed by atoms with E-state index in [0.29, 0.717) is 5.16 Å². The van der Waals surface area contributed by atoms with Gasteiger partial charge in [-0.3, -0.25) is 4.79 Å². The fourth-order valence-corrected chi connectivity index (χ4v) is 2.44. The SMILES string of the molecule is CCS(=O)(=O)CCn1cnnc1SCC(=O)O. The highest BCUT2D eigenvalue weighted by molar-refractivity contribution is 7.99. The van der Waals surface area contributed by atoms with Gasteiger partial charge in [-0.2, -0.15) is 0 Å². The number of carboxylic acid groups (broad SMARTS) is 1. The van der Waals surface area contributed by atoms with Crippen LogP contribution in [0.4, 0.5) is 0 Å². The van der Waals surface area contributed by atoms with Crippen LogP contribution < -0.4 is 0 Å². The molecule has 0 amide bonds. The van der Waals surface area contributed by atoms with Crippen molar-refractivity contribution in [3.63, 3.8) is 0 Å². The smallest absolute Gasteiger partial charge is 0.313 e. The van der Waals surface area contributed by atoms with Crippen molar-refractivity contribution in [2.24, 2.45) is 0 Å². The number of hydrogen-bond acceptors (Lipinski definition) is 6. The number of nitrogens with zero attached hydrogens (tertiary/aromatic N) is 3. The minimum Gasteiger partial charge on any atom is -0.481 e. The van der Waals surface area contributed by atoms with Crippen molar-refractivity contribution in [3.05, 3.63) is 6.33 Å². The number of thioether (sulfide) groups is 1. The summed E-state index contributed by atoms with van der Waals surface area (Å²) >= 11 is 1.01. The topological polar surface area (TPSA) is 102 Å². The first kappa shape index (κ1) is 14.0. The summed E-state index contributed by atoms with van der Waals surface area (Å²) in [5.74, 6) is -0.987. The van der Waals surface area contributed by atoms with Gasteiger partial charge in [-0.05, 0) is 0 Å². The third kappa shape index (κ3) is 4.73. The van der Waals surface area contributed by atoms with E-state index in [-0.39, 0.29) is 23.8 Å². The number of hydrogen-bond donors (Lipinski definition) is 1. The van der Waals surface area contributed by atoms with Crippen LogP contribution in [-0.2, 0) is 21.2 Å². The van der Waals surface area contributed by atoms with Crippen LogP contribution in [-0.4, -0.2) is 51.5 Å². The Kier molecular flexibility index (Phi) is 4.94. The molecular formula is C8H13N3O4S2. The lowest BCUT2D eigenvalue weighted by molar-refractivity contribution is -0.133. The molecule has 17 heavy (non-hydrogen) atoms. The molecule has 0 unspecified atom stereocenters. The molecule has 9 heteroatoms. The maximum Gasteiger partial charge on any atom is 0.313 e. The largest absolute Gasteiger partial charge is 0.481 e. The maximum atomic E-state index is 11.3. The molecule has 1 N–H and O–H groups in total. The summed E-state index contributed by atoms with van der Waals surface area (Å²) in [5, 5.41) is 16.3. The molecule has 1 aromatic heterocycles. The van der Waals surface area contributed by atoms with Crippen LogP contribution in [0, 0.1) is 0 Å². The number of aromatic nitrogens is 3. The Hall–Kier alpha value is -1.09. The van der Waals surface area contributed by atoms with Gasteiger partial charge in [0.15, 0.2) is 15.0 Å². The van der Waals surface area contributed by atoms with Crippen LogP contribution in [0.2, 0.25) is 0 Å². The minimum atomic E-state index is -3.05. The highest BCUT2D eigenvalue weighted by atomic mass is 32.2. The normalized spacial score (nSPS) is 11.6. The summed E-state index contributed by atoms with van der Waals surface area (Å²) in [4.78, 5) is 10.4. The Labute approximate surface area is 103 Å². The van der Waals surface area contributed by atoms with E-state index in [4.69, 9.17) is 5.11 Å². The predicted molar refractivity (Wildman–Crippen MR) is 62.7 cm³/mol. The summed E-state index contributed by atoms with van der Waals surface area (Å²) in [5.41, 5.74) is 0. The van der Waals surface area contributed by atoms with Crippen molar-refractivity contribution in [3.8, 4) is 0 Å². The molecule has 0 aromatic carbocycles. The minimum absolute atomic E-state index is 0.00215. The third-order valence-corrected chi connectivity index (χ3v) is 4.64. The average Bonchev–Trinajstić information content (AvgIpc) is 2.71. The van der Waals surface area contributed by atoms with Crippen LogP contribution in [0.1, 0.15) is 6.92 Å². The number of aliphatic carboxylic acids is 1. The molecule has 1 heterocycles. The fraction of sp³-hybridized carbons (Fsp3) is 0.625. The zero-order valence-corrected chi connectivity index (χ0v) is 10.9. The third-order valence-electron chi connectivity index (χ3n) is 1.99. The zero-order valence-electron chi connectivity index (χ0n) is 9.24. The quantitative estimate of drug-likeness (QED) is 0.695. The molecular weight excluding hydrogens is 266 g/mol. The first-order valence-electron chi connectivity index (χ1n) is 4.87. The lowest BCUT2D eigenvalue weighted by atomic mass is 10.7.